The molecule has 3 rings (SSSR count). The van der Waals surface area contributed by atoms with Crippen molar-refractivity contribution in [3.8, 4) is 11.3 Å². The highest BCUT2D eigenvalue weighted by atomic mass is 14.9. The molecule has 24 heavy (non-hydrogen) atoms. The van der Waals surface area contributed by atoms with Crippen LogP contribution in [0, 0.1) is 6.92 Å². The van der Waals surface area contributed by atoms with Gasteiger partial charge in [0.05, 0.1) is 0 Å². The first-order valence-electron chi connectivity index (χ1n) is 9.47. The van der Waals surface area contributed by atoms with Crippen molar-refractivity contribution in [2.75, 3.05) is 0 Å². The van der Waals surface area contributed by atoms with Crippen molar-refractivity contribution in [3.05, 3.63) is 53.2 Å². The molecular formula is C23H32N+. The maximum Gasteiger partial charge on any atom is 0.212 e. The minimum absolute atomic E-state index is 0.190. The van der Waals surface area contributed by atoms with Gasteiger partial charge in [0.2, 0.25) is 5.69 Å². The lowest BCUT2D eigenvalue weighted by atomic mass is 9.82. The van der Waals surface area contributed by atoms with Crippen LogP contribution in [-0.4, -0.2) is 0 Å². The molecule has 0 amide bonds. The number of aromatic nitrogens is 1. The molecule has 1 fully saturated rings. The SMILES string of the molecule is Cc1ccc(C2CCCCC2)cc1-c1ccc(C(C)(C)C)c[n+]1C. The van der Waals surface area contributed by atoms with Crippen LogP contribution in [0.25, 0.3) is 11.3 Å². The third-order valence-electron chi connectivity index (χ3n) is 5.61. The summed E-state index contributed by atoms with van der Waals surface area (Å²) < 4.78 is 2.30. The predicted molar refractivity (Wildman–Crippen MR) is 102 cm³/mol. The van der Waals surface area contributed by atoms with Gasteiger partial charge in [-0.25, -0.2) is 4.57 Å². The van der Waals surface area contributed by atoms with E-state index in [1.165, 1.54) is 60.1 Å². The maximum atomic E-state index is 2.46. The molecule has 1 heterocycles. The standard InChI is InChI=1S/C23H32N/c1-17-11-12-19(18-9-7-6-8-10-18)15-21(17)22-14-13-20(16-24(22)5)23(2,3)4/h11-16,18H,6-10H2,1-5H3/q+1. The van der Waals surface area contributed by atoms with Gasteiger partial charge in [-0.3, -0.25) is 0 Å². The molecule has 0 spiro atoms. The fourth-order valence-electron chi connectivity index (χ4n) is 3.94. The Labute approximate surface area is 147 Å². The molecule has 0 N–H and O–H groups in total. The monoisotopic (exact) mass is 322 g/mol. The summed E-state index contributed by atoms with van der Waals surface area (Å²) in [5.41, 5.74) is 7.19. The van der Waals surface area contributed by atoms with Gasteiger partial charge in [-0.2, -0.15) is 0 Å². The molecule has 1 aliphatic rings. The van der Waals surface area contributed by atoms with Crippen LogP contribution in [0.5, 0.6) is 0 Å². The first-order valence-corrected chi connectivity index (χ1v) is 9.47. The van der Waals surface area contributed by atoms with E-state index >= 15 is 0 Å². The summed E-state index contributed by atoms with van der Waals surface area (Å²) in [7, 11) is 2.18. The summed E-state index contributed by atoms with van der Waals surface area (Å²) in [4.78, 5) is 0. The Bertz CT molecular complexity index is 715. The van der Waals surface area contributed by atoms with Crippen molar-refractivity contribution < 1.29 is 4.57 Å². The lowest BCUT2D eigenvalue weighted by Gasteiger charge is -2.23. The third-order valence-corrected chi connectivity index (χ3v) is 5.61. The van der Waals surface area contributed by atoms with Crippen molar-refractivity contribution in [3.63, 3.8) is 0 Å². The van der Waals surface area contributed by atoms with Crippen molar-refractivity contribution in [2.45, 2.75) is 71.1 Å². The summed E-state index contributed by atoms with van der Waals surface area (Å²) in [6.45, 7) is 9.06. The van der Waals surface area contributed by atoms with Crippen molar-refractivity contribution in [1.82, 2.24) is 0 Å². The van der Waals surface area contributed by atoms with Crippen LogP contribution in [0.2, 0.25) is 0 Å². The van der Waals surface area contributed by atoms with E-state index in [0.29, 0.717) is 0 Å². The second kappa shape index (κ2) is 6.70. The number of hydrogen-bond acceptors (Lipinski definition) is 0. The Morgan fingerprint density at radius 2 is 1.67 bits per heavy atom. The molecule has 1 aromatic carbocycles. The van der Waals surface area contributed by atoms with E-state index in [9.17, 15) is 0 Å². The van der Waals surface area contributed by atoms with Crippen LogP contribution in [0.4, 0.5) is 0 Å². The van der Waals surface area contributed by atoms with Crippen molar-refractivity contribution in [1.29, 1.82) is 0 Å². The van der Waals surface area contributed by atoms with Crippen LogP contribution >= 0.6 is 0 Å². The van der Waals surface area contributed by atoms with Gasteiger partial charge in [0, 0.05) is 17.2 Å². The molecule has 128 valence electrons. The highest BCUT2D eigenvalue weighted by molar-refractivity contribution is 5.62. The Morgan fingerprint density at radius 1 is 0.958 bits per heavy atom. The van der Waals surface area contributed by atoms with Crippen molar-refractivity contribution >= 4 is 0 Å². The van der Waals surface area contributed by atoms with E-state index < -0.39 is 0 Å². The minimum Gasteiger partial charge on any atom is -0.201 e. The van der Waals surface area contributed by atoms with E-state index in [0.717, 1.165) is 5.92 Å². The van der Waals surface area contributed by atoms with Crippen LogP contribution in [0.15, 0.2) is 36.5 Å². The van der Waals surface area contributed by atoms with Gasteiger partial charge in [0.1, 0.15) is 7.05 Å². The normalized spacial score (nSPS) is 16.4. The van der Waals surface area contributed by atoms with Crippen LogP contribution < -0.4 is 4.57 Å². The molecule has 0 atom stereocenters. The second-order valence-corrected chi connectivity index (χ2v) is 8.57. The second-order valence-electron chi connectivity index (χ2n) is 8.57. The fourth-order valence-corrected chi connectivity index (χ4v) is 3.94. The topological polar surface area (TPSA) is 3.88 Å². The summed E-state index contributed by atoms with van der Waals surface area (Å²) in [6, 6.07) is 11.7. The predicted octanol–water partition coefficient (Wildman–Crippen LogP) is 5.83. The molecule has 0 aliphatic heterocycles. The van der Waals surface area contributed by atoms with E-state index in [4.69, 9.17) is 0 Å². The Morgan fingerprint density at radius 3 is 2.29 bits per heavy atom. The van der Waals surface area contributed by atoms with Gasteiger partial charge in [-0.15, -0.1) is 0 Å². The molecule has 1 aliphatic carbocycles. The molecule has 0 unspecified atom stereocenters. The molecule has 0 saturated heterocycles. The van der Waals surface area contributed by atoms with E-state index in [1.807, 2.05) is 0 Å². The van der Waals surface area contributed by atoms with Gasteiger partial charge in [0.25, 0.3) is 0 Å². The lowest BCUT2D eigenvalue weighted by molar-refractivity contribution is -0.661. The minimum atomic E-state index is 0.190. The van der Waals surface area contributed by atoms with Crippen molar-refractivity contribution in [2.24, 2.45) is 7.05 Å². The molecule has 0 radical (unpaired) electrons. The van der Waals surface area contributed by atoms with Gasteiger partial charge >= 0.3 is 0 Å². The third kappa shape index (κ3) is 3.55. The molecule has 1 nitrogen and oxygen atoms in total. The van der Waals surface area contributed by atoms with Gasteiger partial charge in [-0.05, 0) is 54.4 Å². The number of nitrogens with zero attached hydrogens (tertiary/aromatic N) is 1. The van der Waals surface area contributed by atoms with Crippen LogP contribution in [0.3, 0.4) is 0 Å². The van der Waals surface area contributed by atoms with Gasteiger partial charge in [0.15, 0.2) is 6.20 Å². The smallest absolute Gasteiger partial charge is 0.201 e. The van der Waals surface area contributed by atoms with Gasteiger partial charge in [-0.1, -0.05) is 52.2 Å². The molecular weight excluding hydrogens is 290 g/mol. The number of benzene rings is 1. The molecule has 1 saturated carbocycles. The molecule has 1 aromatic heterocycles. The quantitative estimate of drug-likeness (QED) is 0.612. The zero-order valence-electron chi connectivity index (χ0n) is 16.0. The van der Waals surface area contributed by atoms with E-state index in [2.05, 4.69) is 75.8 Å². The van der Waals surface area contributed by atoms with E-state index in [-0.39, 0.29) is 5.41 Å². The zero-order valence-corrected chi connectivity index (χ0v) is 16.0. The van der Waals surface area contributed by atoms with E-state index in [1.54, 1.807) is 0 Å². The summed E-state index contributed by atoms with van der Waals surface area (Å²) >= 11 is 0. The average Bonchev–Trinajstić information content (AvgIpc) is 2.55. The number of hydrogen-bond donors (Lipinski definition) is 0. The summed E-state index contributed by atoms with van der Waals surface area (Å²) in [5.74, 6) is 0.761. The highest BCUT2D eigenvalue weighted by Crippen LogP contribution is 2.35. The summed E-state index contributed by atoms with van der Waals surface area (Å²) in [6.07, 6.45) is 9.21. The Balaban J connectivity index is 1.99. The number of rotatable bonds is 2. The highest BCUT2D eigenvalue weighted by Gasteiger charge is 2.22. The maximum absolute atomic E-state index is 2.46. The molecule has 0 bridgehead atoms. The largest absolute Gasteiger partial charge is 0.212 e. The van der Waals surface area contributed by atoms with Crippen LogP contribution in [0.1, 0.15) is 75.5 Å². The Hall–Kier alpha value is -1.63. The van der Waals surface area contributed by atoms with Crippen LogP contribution in [-0.2, 0) is 12.5 Å². The molecule has 2 aromatic rings. The molecule has 1 heteroatoms. The first-order chi connectivity index (χ1) is 11.4. The Kier molecular flexibility index (Phi) is 4.80. The zero-order chi connectivity index (χ0) is 17.3. The lowest BCUT2D eigenvalue weighted by Crippen LogP contribution is -2.33. The number of aryl methyl sites for hydroxylation is 2. The fraction of sp³-hybridized carbons (Fsp3) is 0.522. The summed E-state index contributed by atoms with van der Waals surface area (Å²) in [5, 5.41) is 0. The average molecular weight is 323 g/mol. The number of pyridine rings is 1. The van der Waals surface area contributed by atoms with Gasteiger partial charge < -0.3 is 0 Å². The first kappa shape index (κ1) is 17.2.